The SMILES string of the molecule is O=C(c1cc2c(cn1)c(Br)nn2CC(F)(F)F)N1CCOCC(O)C1. The number of carbonyl (C=O) groups is 1. The zero-order chi connectivity index (χ0) is 18.2. The van der Waals surface area contributed by atoms with Crippen molar-refractivity contribution in [2.75, 3.05) is 26.3 Å². The van der Waals surface area contributed by atoms with Gasteiger partial charge in [-0.1, -0.05) is 0 Å². The molecule has 1 unspecified atom stereocenters. The van der Waals surface area contributed by atoms with Crippen LogP contribution in [-0.2, 0) is 11.3 Å². The normalized spacial score (nSPS) is 19.2. The van der Waals surface area contributed by atoms with E-state index in [4.69, 9.17) is 4.74 Å². The minimum absolute atomic E-state index is 0.0163. The number of rotatable bonds is 2. The number of aliphatic hydroxyl groups excluding tert-OH is 1. The summed E-state index contributed by atoms with van der Waals surface area (Å²) < 4.78 is 44.3. The minimum Gasteiger partial charge on any atom is -0.389 e. The molecule has 1 amide bonds. The van der Waals surface area contributed by atoms with Crippen molar-refractivity contribution in [1.82, 2.24) is 19.7 Å². The van der Waals surface area contributed by atoms with Crippen LogP contribution in [0, 0.1) is 0 Å². The first-order chi connectivity index (χ1) is 11.7. The lowest BCUT2D eigenvalue weighted by Crippen LogP contribution is -2.38. The molecule has 2 aromatic heterocycles. The summed E-state index contributed by atoms with van der Waals surface area (Å²) in [4.78, 5) is 18.0. The number of hydrogen-bond donors (Lipinski definition) is 1. The molecule has 0 saturated carbocycles. The van der Waals surface area contributed by atoms with Gasteiger partial charge in [-0.3, -0.25) is 14.5 Å². The van der Waals surface area contributed by atoms with Gasteiger partial charge in [0.05, 0.1) is 30.2 Å². The molecule has 25 heavy (non-hydrogen) atoms. The van der Waals surface area contributed by atoms with Crippen molar-refractivity contribution in [2.45, 2.75) is 18.8 Å². The van der Waals surface area contributed by atoms with E-state index in [0.29, 0.717) is 5.39 Å². The molecule has 1 aliphatic rings. The minimum atomic E-state index is -4.45. The van der Waals surface area contributed by atoms with E-state index in [1.54, 1.807) is 0 Å². The number of hydrogen-bond acceptors (Lipinski definition) is 5. The Morgan fingerprint density at radius 2 is 2.24 bits per heavy atom. The Morgan fingerprint density at radius 3 is 2.96 bits per heavy atom. The second-order valence-electron chi connectivity index (χ2n) is 5.63. The maximum Gasteiger partial charge on any atom is 0.408 e. The van der Waals surface area contributed by atoms with E-state index >= 15 is 0 Å². The zero-order valence-electron chi connectivity index (χ0n) is 12.8. The molecule has 0 aromatic carbocycles. The predicted octanol–water partition coefficient (Wildman–Crippen LogP) is 1.59. The number of amides is 1. The van der Waals surface area contributed by atoms with Gasteiger partial charge in [0.25, 0.3) is 5.91 Å². The number of halogens is 4. The maximum atomic E-state index is 12.7. The van der Waals surface area contributed by atoms with Crippen LogP contribution < -0.4 is 0 Å². The van der Waals surface area contributed by atoms with Crippen LogP contribution in [0.2, 0.25) is 0 Å². The Morgan fingerprint density at radius 1 is 1.48 bits per heavy atom. The second kappa shape index (κ2) is 6.89. The maximum absolute atomic E-state index is 12.7. The highest BCUT2D eigenvalue weighted by atomic mass is 79.9. The number of aromatic nitrogens is 3. The molecule has 0 radical (unpaired) electrons. The number of aliphatic hydroxyl groups is 1. The van der Waals surface area contributed by atoms with E-state index < -0.39 is 24.7 Å². The highest BCUT2D eigenvalue weighted by molar-refractivity contribution is 9.10. The Kier molecular flexibility index (Phi) is 4.98. The van der Waals surface area contributed by atoms with Crippen molar-refractivity contribution >= 4 is 32.7 Å². The lowest BCUT2D eigenvalue weighted by Gasteiger charge is -2.20. The number of nitrogens with zero attached hydrogens (tertiary/aromatic N) is 4. The molecule has 2 aromatic rings. The summed E-state index contributed by atoms with van der Waals surface area (Å²) in [7, 11) is 0. The second-order valence-corrected chi connectivity index (χ2v) is 6.38. The van der Waals surface area contributed by atoms with Crippen LogP contribution >= 0.6 is 15.9 Å². The molecule has 7 nitrogen and oxygen atoms in total. The van der Waals surface area contributed by atoms with Crippen LogP contribution in [0.1, 0.15) is 10.5 Å². The van der Waals surface area contributed by atoms with E-state index in [1.165, 1.54) is 17.2 Å². The molecule has 1 atom stereocenters. The van der Waals surface area contributed by atoms with Gasteiger partial charge in [0.15, 0.2) is 0 Å². The number of fused-ring (bicyclic) bond motifs is 1. The fraction of sp³-hybridized carbons (Fsp3) is 0.500. The van der Waals surface area contributed by atoms with Crippen molar-refractivity contribution in [3.8, 4) is 0 Å². The average Bonchev–Trinajstić information content (AvgIpc) is 2.70. The Bertz CT molecular complexity index is 795. The van der Waals surface area contributed by atoms with Crippen LogP contribution in [-0.4, -0.2) is 69.3 Å². The largest absolute Gasteiger partial charge is 0.408 e. The number of pyridine rings is 1. The lowest BCUT2D eigenvalue weighted by molar-refractivity contribution is -0.141. The van der Waals surface area contributed by atoms with Crippen molar-refractivity contribution in [2.24, 2.45) is 0 Å². The first-order valence-electron chi connectivity index (χ1n) is 7.38. The van der Waals surface area contributed by atoms with E-state index in [-0.39, 0.29) is 42.1 Å². The Labute approximate surface area is 148 Å². The summed E-state index contributed by atoms with van der Waals surface area (Å²) in [5, 5.41) is 13.9. The molecule has 11 heteroatoms. The van der Waals surface area contributed by atoms with Gasteiger partial charge >= 0.3 is 6.18 Å². The molecule has 0 aliphatic carbocycles. The van der Waals surface area contributed by atoms with E-state index in [2.05, 4.69) is 26.0 Å². The molecule has 0 bridgehead atoms. The molecular weight excluding hydrogens is 409 g/mol. The molecule has 1 aliphatic heterocycles. The van der Waals surface area contributed by atoms with Crippen LogP contribution in [0.3, 0.4) is 0 Å². The number of β-amino-alcohol motifs (C(OH)–C–C–N with tert-alkyl or cyclic N) is 1. The first-order valence-corrected chi connectivity index (χ1v) is 8.18. The summed E-state index contributed by atoms with van der Waals surface area (Å²) in [6, 6.07) is 1.28. The highest BCUT2D eigenvalue weighted by Gasteiger charge is 2.30. The third kappa shape index (κ3) is 4.10. The average molecular weight is 423 g/mol. The van der Waals surface area contributed by atoms with Crippen LogP contribution in [0.15, 0.2) is 16.9 Å². The number of carbonyl (C=O) groups excluding carboxylic acids is 1. The third-order valence-corrected chi connectivity index (χ3v) is 4.26. The van der Waals surface area contributed by atoms with Gasteiger partial charge in [0.1, 0.15) is 16.8 Å². The molecule has 3 heterocycles. The number of alkyl halides is 3. The molecule has 0 spiro atoms. The van der Waals surface area contributed by atoms with E-state index in [9.17, 15) is 23.1 Å². The van der Waals surface area contributed by atoms with Gasteiger partial charge in [-0.25, -0.2) is 0 Å². The van der Waals surface area contributed by atoms with Gasteiger partial charge < -0.3 is 14.7 Å². The monoisotopic (exact) mass is 422 g/mol. The van der Waals surface area contributed by atoms with Gasteiger partial charge in [-0.2, -0.15) is 18.3 Å². The molecule has 1 N–H and O–H groups in total. The molecular formula is C14H14BrF3N4O3. The summed E-state index contributed by atoms with van der Waals surface area (Å²) in [5.74, 6) is -0.484. The quantitative estimate of drug-likeness (QED) is 0.794. The smallest absolute Gasteiger partial charge is 0.389 e. The first kappa shape index (κ1) is 18.1. The summed E-state index contributed by atoms with van der Waals surface area (Å²) >= 11 is 3.10. The molecule has 136 valence electrons. The fourth-order valence-corrected chi connectivity index (χ4v) is 3.07. The van der Waals surface area contributed by atoms with Gasteiger partial charge in [-0.05, 0) is 22.0 Å². The van der Waals surface area contributed by atoms with Crippen molar-refractivity contribution in [1.29, 1.82) is 0 Å². The van der Waals surface area contributed by atoms with Crippen molar-refractivity contribution < 1.29 is 27.8 Å². The lowest BCUT2D eigenvalue weighted by atomic mass is 10.2. The van der Waals surface area contributed by atoms with Crippen molar-refractivity contribution in [3.63, 3.8) is 0 Å². The molecule has 1 fully saturated rings. The van der Waals surface area contributed by atoms with Crippen LogP contribution in [0.5, 0.6) is 0 Å². The van der Waals surface area contributed by atoms with Gasteiger partial charge in [0, 0.05) is 19.3 Å². The van der Waals surface area contributed by atoms with Gasteiger partial charge in [-0.15, -0.1) is 0 Å². The molecule has 3 rings (SSSR count). The zero-order valence-corrected chi connectivity index (χ0v) is 14.4. The fourth-order valence-electron chi connectivity index (χ4n) is 2.58. The summed E-state index contributed by atoms with van der Waals surface area (Å²) in [6.07, 6.45) is -3.96. The van der Waals surface area contributed by atoms with E-state index in [1.807, 2.05) is 0 Å². The number of ether oxygens (including phenoxy) is 1. The summed E-state index contributed by atoms with van der Waals surface area (Å²) in [6.45, 7) is -0.543. The van der Waals surface area contributed by atoms with Crippen molar-refractivity contribution in [3.05, 3.63) is 22.6 Å². The summed E-state index contributed by atoms with van der Waals surface area (Å²) in [5.41, 5.74) is 0.131. The van der Waals surface area contributed by atoms with Crippen LogP contribution in [0.4, 0.5) is 13.2 Å². The standard InChI is InChI=1S/C14H14BrF3N4O3/c15-12-9-4-19-10(3-11(9)22(20-12)7-14(16,17)18)13(24)21-1-2-25-6-8(23)5-21/h3-4,8,23H,1-2,5-7H2. The van der Waals surface area contributed by atoms with Gasteiger partial charge in [0.2, 0.25) is 0 Å². The third-order valence-electron chi connectivity index (χ3n) is 3.67. The molecule has 1 saturated heterocycles. The van der Waals surface area contributed by atoms with Crippen LogP contribution in [0.25, 0.3) is 10.9 Å². The predicted molar refractivity (Wildman–Crippen MR) is 84.0 cm³/mol. The highest BCUT2D eigenvalue weighted by Crippen LogP contribution is 2.27. The van der Waals surface area contributed by atoms with E-state index in [0.717, 1.165) is 4.68 Å². The Balaban J connectivity index is 1.94. The Hall–Kier alpha value is -1.72. The topological polar surface area (TPSA) is 80.5 Å².